The Labute approximate surface area is 196 Å². The number of urea groups is 1. The molecule has 0 saturated carbocycles. The van der Waals surface area contributed by atoms with Crippen molar-refractivity contribution in [2.45, 2.75) is 13.0 Å². The lowest BCUT2D eigenvalue weighted by atomic mass is 10.1. The Morgan fingerprint density at radius 3 is 2.56 bits per heavy atom. The molecule has 166 valence electrons. The number of benzene rings is 3. The number of fused-ring (bicyclic) bond motifs is 1. The topological polar surface area (TPSA) is 60.0 Å². The van der Waals surface area contributed by atoms with Crippen molar-refractivity contribution in [3.8, 4) is 17.2 Å². The van der Waals surface area contributed by atoms with Crippen molar-refractivity contribution in [2.24, 2.45) is 0 Å². The lowest BCUT2D eigenvalue weighted by Crippen LogP contribution is -2.36. The largest absolute Gasteiger partial charge is 0.497 e. The van der Waals surface area contributed by atoms with E-state index in [0.717, 1.165) is 16.9 Å². The summed E-state index contributed by atoms with van der Waals surface area (Å²) in [5.74, 6) is 2.10. The molecule has 32 heavy (non-hydrogen) atoms. The first kappa shape index (κ1) is 22.1. The van der Waals surface area contributed by atoms with Gasteiger partial charge in [0.15, 0.2) is 11.5 Å². The predicted molar refractivity (Wildman–Crippen MR) is 125 cm³/mol. The number of carbonyl (C=O) groups is 1. The van der Waals surface area contributed by atoms with E-state index < -0.39 is 0 Å². The minimum atomic E-state index is -0.224. The second-order valence-corrected chi connectivity index (χ2v) is 8.10. The van der Waals surface area contributed by atoms with Crippen molar-refractivity contribution in [1.29, 1.82) is 0 Å². The van der Waals surface area contributed by atoms with Crippen LogP contribution in [0, 0.1) is 0 Å². The highest BCUT2D eigenvalue weighted by Gasteiger charge is 2.18. The molecule has 0 radical (unpaired) electrons. The number of hydrogen-bond acceptors (Lipinski definition) is 4. The summed E-state index contributed by atoms with van der Waals surface area (Å²) in [6.45, 7) is 1.05. The third-order valence-electron chi connectivity index (χ3n) is 5.11. The molecule has 0 bridgehead atoms. The van der Waals surface area contributed by atoms with Crippen LogP contribution in [0.5, 0.6) is 17.2 Å². The third-order valence-corrected chi connectivity index (χ3v) is 5.69. The molecule has 6 nitrogen and oxygen atoms in total. The minimum Gasteiger partial charge on any atom is -0.497 e. The lowest BCUT2D eigenvalue weighted by molar-refractivity contribution is 0.174. The zero-order valence-corrected chi connectivity index (χ0v) is 18.9. The van der Waals surface area contributed by atoms with E-state index >= 15 is 0 Å². The molecule has 1 heterocycles. The number of methoxy groups -OCH3 is 1. The first-order valence-electron chi connectivity index (χ1n) is 10.0. The Kier molecular flexibility index (Phi) is 6.93. The van der Waals surface area contributed by atoms with Gasteiger partial charge in [0.2, 0.25) is 6.79 Å². The zero-order chi connectivity index (χ0) is 22.5. The van der Waals surface area contributed by atoms with E-state index in [9.17, 15) is 4.79 Å². The Morgan fingerprint density at radius 1 is 1.03 bits per heavy atom. The van der Waals surface area contributed by atoms with E-state index in [1.54, 1.807) is 48.4 Å². The smallest absolute Gasteiger partial charge is 0.322 e. The maximum atomic E-state index is 13.1. The first-order valence-corrected chi connectivity index (χ1v) is 10.8. The Balaban J connectivity index is 1.51. The van der Waals surface area contributed by atoms with Gasteiger partial charge in [-0.3, -0.25) is 0 Å². The Morgan fingerprint density at radius 2 is 1.81 bits per heavy atom. The quantitative estimate of drug-likeness (QED) is 0.457. The highest BCUT2D eigenvalue weighted by molar-refractivity contribution is 6.35. The van der Waals surface area contributed by atoms with Crippen molar-refractivity contribution in [3.63, 3.8) is 0 Å². The maximum absolute atomic E-state index is 13.1. The molecule has 0 unspecified atom stereocenters. The van der Waals surface area contributed by atoms with Gasteiger partial charge in [-0.05, 0) is 66.1 Å². The Bertz CT molecular complexity index is 1110. The van der Waals surface area contributed by atoms with Crippen LogP contribution in [0.3, 0.4) is 0 Å². The van der Waals surface area contributed by atoms with Gasteiger partial charge in [-0.15, -0.1) is 0 Å². The van der Waals surface area contributed by atoms with Crippen LogP contribution in [-0.2, 0) is 13.0 Å². The van der Waals surface area contributed by atoms with E-state index in [1.165, 1.54) is 0 Å². The summed E-state index contributed by atoms with van der Waals surface area (Å²) < 4.78 is 16.0. The van der Waals surface area contributed by atoms with E-state index in [0.29, 0.717) is 46.7 Å². The van der Waals surface area contributed by atoms with Gasteiger partial charge in [0.1, 0.15) is 5.75 Å². The van der Waals surface area contributed by atoms with Crippen LogP contribution in [-0.4, -0.2) is 31.4 Å². The fourth-order valence-electron chi connectivity index (χ4n) is 3.37. The number of ether oxygens (including phenoxy) is 3. The summed E-state index contributed by atoms with van der Waals surface area (Å²) in [7, 11) is 1.60. The molecule has 3 aromatic rings. The van der Waals surface area contributed by atoms with E-state index in [4.69, 9.17) is 37.4 Å². The normalized spacial score (nSPS) is 11.8. The number of hydrogen-bond donors (Lipinski definition) is 1. The molecule has 0 atom stereocenters. The molecule has 4 rings (SSSR count). The zero-order valence-electron chi connectivity index (χ0n) is 17.4. The average molecular weight is 473 g/mol. The fraction of sp³-hybridized carbons (Fsp3) is 0.208. The molecule has 0 aromatic heterocycles. The summed E-state index contributed by atoms with van der Waals surface area (Å²) in [6.07, 6.45) is 0.580. The number of nitrogens with one attached hydrogen (secondary N) is 1. The van der Waals surface area contributed by atoms with Gasteiger partial charge in [0.05, 0.1) is 7.11 Å². The molecule has 1 aliphatic rings. The number of halogens is 2. The molecule has 8 heteroatoms. The predicted octanol–water partition coefficient (Wildman–Crippen LogP) is 6.01. The summed E-state index contributed by atoms with van der Waals surface area (Å²) in [5, 5.41) is 4.10. The van der Waals surface area contributed by atoms with Crippen molar-refractivity contribution in [2.75, 3.05) is 25.8 Å². The van der Waals surface area contributed by atoms with Gasteiger partial charge < -0.3 is 24.4 Å². The summed E-state index contributed by atoms with van der Waals surface area (Å²) in [4.78, 5) is 14.9. The summed E-state index contributed by atoms with van der Waals surface area (Å²) >= 11 is 12.3. The molecule has 1 aliphatic heterocycles. The van der Waals surface area contributed by atoms with Crippen LogP contribution in [0.25, 0.3) is 0 Å². The van der Waals surface area contributed by atoms with Gasteiger partial charge in [-0.2, -0.15) is 0 Å². The number of carbonyl (C=O) groups excluding carboxylic acids is 1. The van der Waals surface area contributed by atoms with Gasteiger partial charge in [-0.25, -0.2) is 4.79 Å². The van der Waals surface area contributed by atoms with Gasteiger partial charge >= 0.3 is 6.03 Å². The monoisotopic (exact) mass is 472 g/mol. The second-order valence-electron chi connectivity index (χ2n) is 7.25. The van der Waals surface area contributed by atoms with Crippen molar-refractivity contribution in [3.05, 3.63) is 81.8 Å². The number of amides is 2. The number of rotatable bonds is 7. The summed E-state index contributed by atoms with van der Waals surface area (Å²) in [5.41, 5.74) is 2.53. The molecule has 0 spiro atoms. The van der Waals surface area contributed by atoms with Crippen molar-refractivity contribution in [1.82, 2.24) is 4.90 Å². The van der Waals surface area contributed by atoms with Crippen molar-refractivity contribution < 1.29 is 19.0 Å². The standard InChI is InChI=1S/C24H22Cl2N2O4/c1-30-20-7-5-19(6-8-20)27-24(29)28(11-10-17-3-4-18(25)13-21(17)26)14-16-2-9-22-23(12-16)32-15-31-22/h2-9,12-13H,10-11,14-15H2,1H3,(H,27,29). The van der Waals surface area contributed by atoms with Crippen LogP contribution >= 0.6 is 23.2 Å². The van der Waals surface area contributed by atoms with Gasteiger partial charge in [0, 0.05) is 28.8 Å². The minimum absolute atomic E-state index is 0.204. The van der Waals surface area contributed by atoms with E-state index in [-0.39, 0.29) is 12.8 Å². The molecular weight excluding hydrogens is 451 g/mol. The van der Waals surface area contributed by atoms with Crippen LogP contribution in [0.2, 0.25) is 10.0 Å². The Hall–Kier alpha value is -3.09. The van der Waals surface area contributed by atoms with E-state index in [1.807, 2.05) is 24.3 Å². The van der Waals surface area contributed by atoms with Crippen LogP contribution in [0.15, 0.2) is 60.7 Å². The molecule has 0 aliphatic carbocycles. The number of anilines is 1. The maximum Gasteiger partial charge on any atom is 0.322 e. The molecule has 2 amide bonds. The van der Waals surface area contributed by atoms with Crippen molar-refractivity contribution >= 4 is 34.9 Å². The first-order chi connectivity index (χ1) is 15.5. The van der Waals surface area contributed by atoms with Gasteiger partial charge in [0.25, 0.3) is 0 Å². The van der Waals surface area contributed by atoms with Crippen LogP contribution in [0.1, 0.15) is 11.1 Å². The van der Waals surface area contributed by atoms with E-state index in [2.05, 4.69) is 5.32 Å². The highest BCUT2D eigenvalue weighted by Crippen LogP contribution is 2.33. The molecule has 0 saturated heterocycles. The second kappa shape index (κ2) is 10.0. The molecule has 1 N–H and O–H groups in total. The molecule has 0 fully saturated rings. The number of nitrogens with zero attached hydrogens (tertiary/aromatic N) is 1. The van der Waals surface area contributed by atoms with Crippen LogP contribution in [0.4, 0.5) is 10.5 Å². The highest BCUT2D eigenvalue weighted by atomic mass is 35.5. The fourth-order valence-corrected chi connectivity index (χ4v) is 3.87. The average Bonchev–Trinajstić information content (AvgIpc) is 3.26. The lowest BCUT2D eigenvalue weighted by Gasteiger charge is -2.24. The SMILES string of the molecule is COc1ccc(NC(=O)N(CCc2ccc(Cl)cc2Cl)Cc2ccc3c(c2)OCO3)cc1. The molecule has 3 aromatic carbocycles. The van der Waals surface area contributed by atoms with Gasteiger partial charge in [-0.1, -0.05) is 35.3 Å². The van der Waals surface area contributed by atoms with Crippen LogP contribution < -0.4 is 19.5 Å². The molecular formula is C24H22Cl2N2O4. The third kappa shape index (κ3) is 5.39. The summed E-state index contributed by atoms with van der Waals surface area (Å²) in [6, 6.07) is 18.0.